The van der Waals surface area contributed by atoms with E-state index in [0.717, 1.165) is 12.8 Å². The highest BCUT2D eigenvalue weighted by atomic mass is 16.5. The molecule has 0 spiro atoms. The molecule has 1 aromatic carbocycles. The third-order valence-electron chi connectivity index (χ3n) is 5.56. The first-order valence-electron chi connectivity index (χ1n) is 11.6. The molecule has 1 atom stereocenters. The minimum Gasteiger partial charge on any atom is -0.491 e. The van der Waals surface area contributed by atoms with Crippen LogP contribution in [0.1, 0.15) is 66.1 Å². The molecule has 10 nitrogen and oxygen atoms in total. The number of nitrogens with one attached hydrogen (secondary N) is 1. The maximum Gasteiger partial charge on any atom is 0.405 e. The fourth-order valence-electron chi connectivity index (χ4n) is 3.97. The molecule has 0 bridgehead atoms. The van der Waals surface area contributed by atoms with Gasteiger partial charge in [0.2, 0.25) is 0 Å². The quantitative estimate of drug-likeness (QED) is 0.450. The van der Waals surface area contributed by atoms with Crippen LogP contribution in [0, 0.1) is 11.3 Å². The van der Waals surface area contributed by atoms with Gasteiger partial charge in [0, 0.05) is 11.9 Å². The highest BCUT2D eigenvalue weighted by molar-refractivity contribution is 5.90. The Morgan fingerprint density at radius 3 is 2.53 bits per heavy atom. The van der Waals surface area contributed by atoms with Gasteiger partial charge in [-0.1, -0.05) is 48.0 Å². The Morgan fingerprint density at radius 2 is 1.97 bits per heavy atom. The van der Waals surface area contributed by atoms with E-state index in [-0.39, 0.29) is 11.5 Å². The Morgan fingerprint density at radius 1 is 1.24 bits per heavy atom. The monoisotopic (exact) mass is 470 g/mol. The Balaban J connectivity index is 2.42. The normalized spacial score (nSPS) is 12.8. The molecule has 184 valence electrons. The lowest BCUT2D eigenvalue weighted by molar-refractivity contribution is 0.170. The van der Waals surface area contributed by atoms with Crippen LogP contribution in [0.5, 0.6) is 5.75 Å². The van der Waals surface area contributed by atoms with E-state index in [2.05, 4.69) is 27.8 Å². The van der Waals surface area contributed by atoms with Crippen LogP contribution in [0.25, 0.3) is 16.5 Å². The maximum absolute atomic E-state index is 13.8. The number of carboxylic acid groups (broad SMARTS) is 1. The zero-order valence-electron chi connectivity index (χ0n) is 20.7. The van der Waals surface area contributed by atoms with Gasteiger partial charge in [0.05, 0.1) is 29.4 Å². The summed E-state index contributed by atoms with van der Waals surface area (Å²) in [7, 11) is 0. The summed E-state index contributed by atoms with van der Waals surface area (Å²) in [5.74, 6) is 0.663. The van der Waals surface area contributed by atoms with Crippen molar-refractivity contribution in [1.29, 1.82) is 0 Å². The number of nitrogens with zero attached hydrogens (tertiary/aromatic N) is 5. The van der Waals surface area contributed by atoms with E-state index in [4.69, 9.17) is 4.74 Å². The molecule has 3 rings (SSSR count). The minimum atomic E-state index is -1.16. The molecule has 0 aliphatic carbocycles. The molecule has 2 N–H and O–H groups in total. The fourth-order valence-corrected chi connectivity index (χ4v) is 3.97. The molecule has 0 aliphatic rings. The topological polar surface area (TPSA) is 124 Å². The number of tetrazole rings is 1. The van der Waals surface area contributed by atoms with E-state index in [1.807, 2.05) is 40.7 Å². The van der Waals surface area contributed by atoms with Crippen molar-refractivity contribution < 1.29 is 14.6 Å². The van der Waals surface area contributed by atoms with Crippen molar-refractivity contribution in [2.24, 2.45) is 11.3 Å². The summed E-state index contributed by atoms with van der Waals surface area (Å²) in [4.78, 5) is 25.6. The van der Waals surface area contributed by atoms with Crippen LogP contribution in [0.3, 0.4) is 0 Å². The predicted octanol–water partition coefficient (Wildman–Crippen LogP) is 4.17. The van der Waals surface area contributed by atoms with Gasteiger partial charge in [-0.3, -0.25) is 4.79 Å². The average Bonchev–Trinajstić information content (AvgIpc) is 3.29. The van der Waals surface area contributed by atoms with Crippen molar-refractivity contribution in [3.8, 4) is 11.4 Å². The van der Waals surface area contributed by atoms with Gasteiger partial charge in [0.15, 0.2) is 0 Å². The molecule has 0 aliphatic heterocycles. The second-order valence-electron chi connectivity index (χ2n) is 9.96. The van der Waals surface area contributed by atoms with Crippen LogP contribution >= 0.6 is 0 Å². The number of rotatable bonds is 9. The first-order valence-corrected chi connectivity index (χ1v) is 11.6. The smallest absolute Gasteiger partial charge is 0.405 e. The van der Waals surface area contributed by atoms with Gasteiger partial charge in [-0.25, -0.2) is 9.48 Å². The Kier molecular flexibility index (Phi) is 7.58. The minimum absolute atomic E-state index is 0.156. The number of carbonyl (C=O) groups is 1. The van der Waals surface area contributed by atoms with Crippen molar-refractivity contribution in [2.45, 2.75) is 67.0 Å². The third-order valence-corrected chi connectivity index (χ3v) is 5.56. The molecule has 34 heavy (non-hydrogen) atoms. The van der Waals surface area contributed by atoms with E-state index in [0.29, 0.717) is 41.1 Å². The van der Waals surface area contributed by atoms with E-state index >= 15 is 0 Å². The largest absolute Gasteiger partial charge is 0.491 e. The van der Waals surface area contributed by atoms with Crippen LogP contribution in [0.2, 0.25) is 0 Å². The summed E-state index contributed by atoms with van der Waals surface area (Å²) in [6.45, 7) is 12.8. The summed E-state index contributed by atoms with van der Waals surface area (Å²) in [6, 6.07) is 4.66. The first kappa shape index (κ1) is 25.2. The molecular formula is C24H34N6O4. The number of hydrogen-bond donors (Lipinski definition) is 2. The van der Waals surface area contributed by atoms with Gasteiger partial charge in [0.25, 0.3) is 5.56 Å². The number of fused-ring (bicyclic) bond motifs is 1. The van der Waals surface area contributed by atoms with Crippen LogP contribution in [0.15, 0.2) is 29.3 Å². The Bertz CT molecular complexity index is 1190. The average molecular weight is 471 g/mol. The zero-order chi connectivity index (χ0) is 25.0. The van der Waals surface area contributed by atoms with E-state index in [1.165, 1.54) is 11.0 Å². The van der Waals surface area contributed by atoms with E-state index < -0.39 is 17.6 Å². The molecule has 1 unspecified atom stereocenters. The lowest BCUT2D eigenvalue weighted by Gasteiger charge is -2.34. The number of benzene rings is 1. The summed E-state index contributed by atoms with van der Waals surface area (Å²) < 4.78 is 9.53. The summed E-state index contributed by atoms with van der Waals surface area (Å²) in [5.41, 5.74) is 0.480. The number of unbranched alkanes of at least 4 members (excludes halogenated alkanes) is 1. The molecule has 0 radical (unpaired) electrons. The SMILES string of the molecule is CCCCOc1c(C(NC(=O)O)C(C)(C)C)n(CC(C)C)c(=O)c2ccc(-n3cnnn3)cc12. The van der Waals surface area contributed by atoms with Gasteiger partial charge < -0.3 is 19.7 Å². The van der Waals surface area contributed by atoms with Crippen molar-refractivity contribution in [3.05, 3.63) is 40.6 Å². The number of hydrogen-bond acceptors (Lipinski definition) is 6. The van der Waals surface area contributed by atoms with Crippen LogP contribution < -0.4 is 15.6 Å². The van der Waals surface area contributed by atoms with E-state index in [1.54, 1.807) is 16.7 Å². The molecular weight excluding hydrogens is 436 g/mol. The molecule has 0 saturated heterocycles. The molecule has 2 heterocycles. The van der Waals surface area contributed by atoms with Crippen molar-refractivity contribution in [1.82, 2.24) is 30.1 Å². The molecule has 1 amide bonds. The fraction of sp³-hybridized carbons (Fsp3) is 0.542. The third kappa shape index (κ3) is 5.37. The zero-order valence-corrected chi connectivity index (χ0v) is 20.7. The summed E-state index contributed by atoms with van der Waals surface area (Å²) in [6.07, 6.45) is 2.07. The molecule has 2 aromatic heterocycles. The second-order valence-corrected chi connectivity index (χ2v) is 9.96. The highest BCUT2D eigenvalue weighted by Gasteiger charge is 2.35. The van der Waals surface area contributed by atoms with Gasteiger partial charge in [-0.2, -0.15) is 0 Å². The molecule has 0 saturated carbocycles. The summed E-state index contributed by atoms with van der Waals surface area (Å²) in [5, 5.41) is 24.8. The predicted molar refractivity (Wildman–Crippen MR) is 130 cm³/mol. The Labute approximate surface area is 198 Å². The lowest BCUT2D eigenvalue weighted by atomic mass is 9.83. The number of ether oxygens (including phenoxy) is 1. The van der Waals surface area contributed by atoms with Crippen molar-refractivity contribution in [2.75, 3.05) is 6.61 Å². The van der Waals surface area contributed by atoms with Crippen LogP contribution in [-0.4, -0.2) is 42.6 Å². The van der Waals surface area contributed by atoms with Gasteiger partial charge in [0.1, 0.15) is 12.1 Å². The van der Waals surface area contributed by atoms with Gasteiger partial charge in [-0.05, 0) is 46.4 Å². The van der Waals surface area contributed by atoms with Crippen molar-refractivity contribution >= 4 is 16.9 Å². The Hall–Kier alpha value is -3.43. The van der Waals surface area contributed by atoms with E-state index in [9.17, 15) is 14.7 Å². The van der Waals surface area contributed by atoms with Crippen LogP contribution in [0.4, 0.5) is 4.79 Å². The van der Waals surface area contributed by atoms with Gasteiger partial charge in [-0.15, -0.1) is 5.10 Å². The first-order chi connectivity index (χ1) is 16.0. The highest BCUT2D eigenvalue weighted by Crippen LogP contribution is 2.41. The molecule has 10 heteroatoms. The van der Waals surface area contributed by atoms with Crippen LogP contribution in [-0.2, 0) is 6.54 Å². The number of pyridine rings is 1. The molecule has 3 aromatic rings. The maximum atomic E-state index is 13.8. The summed E-state index contributed by atoms with van der Waals surface area (Å²) >= 11 is 0. The van der Waals surface area contributed by atoms with Crippen molar-refractivity contribution in [3.63, 3.8) is 0 Å². The lowest BCUT2D eigenvalue weighted by Crippen LogP contribution is -2.40. The van der Waals surface area contributed by atoms with Gasteiger partial charge >= 0.3 is 6.09 Å². The second kappa shape index (κ2) is 10.2. The number of aromatic nitrogens is 5. The molecule has 0 fully saturated rings. The standard InChI is InChI=1S/C24H34N6O4/c1-7-8-11-34-20-18-12-16(30-14-25-27-28-30)9-10-17(18)22(31)29(13-15(2)3)19(20)21(24(4,5)6)26-23(32)33/h9-10,12,14-15,21,26H,7-8,11,13H2,1-6H3,(H,32,33). The number of amides is 1.